The van der Waals surface area contributed by atoms with Gasteiger partial charge < -0.3 is 5.32 Å². The molecule has 1 aliphatic rings. The number of carbonyl (C=O) groups excluding carboxylic acids is 1. The van der Waals surface area contributed by atoms with E-state index < -0.39 is 0 Å². The lowest BCUT2D eigenvalue weighted by molar-refractivity contribution is 0.0921. The SMILES string of the molecule is CC1CCCC(NC(=O)c2cc(Br)cnc2Cl)C1. The minimum Gasteiger partial charge on any atom is -0.349 e. The van der Waals surface area contributed by atoms with Crippen molar-refractivity contribution >= 4 is 33.4 Å². The molecule has 0 aliphatic heterocycles. The van der Waals surface area contributed by atoms with Gasteiger partial charge >= 0.3 is 0 Å². The fourth-order valence-electron chi connectivity index (χ4n) is 2.41. The van der Waals surface area contributed by atoms with Crippen LogP contribution in [0.5, 0.6) is 0 Å². The fraction of sp³-hybridized carbons (Fsp3) is 0.538. The molecule has 1 amide bonds. The highest BCUT2D eigenvalue weighted by Crippen LogP contribution is 2.24. The lowest BCUT2D eigenvalue weighted by Crippen LogP contribution is -2.38. The van der Waals surface area contributed by atoms with E-state index in [1.165, 1.54) is 12.8 Å². The standard InChI is InChI=1S/C13H16BrClN2O/c1-8-3-2-4-10(5-8)17-13(18)11-6-9(14)7-16-12(11)15/h6-8,10H,2-5H2,1H3,(H,17,18). The van der Waals surface area contributed by atoms with Crippen molar-refractivity contribution in [3.05, 3.63) is 27.5 Å². The number of nitrogens with zero attached hydrogens (tertiary/aromatic N) is 1. The van der Waals surface area contributed by atoms with E-state index in [4.69, 9.17) is 11.6 Å². The van der Waals surface area contributed by atoms with Crippen LogP contribution < -0.4 is 5.32 Å². The summed E-state index contributed by atoms with van der Waals surface area (Å²) < 4.78 is 0.758. The van der Waals surface area contributed by atoms with Crippen molar-refractivity contribution in [1.82, 2.24) is 10.3 Å². The third-order valence-corrected chi connectivity index (χ3v) is 4.06. The second kappa shape index (κ2) is 6.02. The topological polar surface area (TPSA) is 42.0 Å². The number of pyridine rings is 1. The molecule has 1 heterocycles. The normalized spacial score (nSPS) is 23.7. The molecule has 0 aromatic carbocycles. The van der Waals surface area contributed by atoms with Gasteiger partial charge in [-0.3, -0.25) is 4.79 Å². The average Bonchev–Trinajstić information content (AvgIpc) is 2.32. The van der Waals surface area contributed by atoms with Gasteiger partial charge in [-0.05, 0) is 40.8 Å². The fourth-order valence-corrected chi connectivity index (χ4v) is 2.93. The smallest absolute Gasteiger partial charge is 0.254 e. The van der Waals surface area contributed by atoms with E-state index >= 15 is 0 Å². The van der Waals surface area contributed by atoms with Crippen LogP contribution in [0.4, 0.5) is 0 Å². The zero-order chi connectivity index (χ0) is 13.1. The highest BCUT2D eigenvalue weighted by atomic mass is 79.9. The van der Waals surface area contributed by atoms with Gasteiger partial charge in [0.05, 0.1) is 5.56 Å². The first-order chi connectivity index (χ1) is 8.56. The predicted molar refractivity (Wildman–Crippen MR) is 75.8 cm³/mol. The van der Waals surface area contributed by atoms with Crippen molar-refractivity contribution in [2.75, 3.05) is 0 Å². The predicted octanol–water partition coefficient (Wildman–Crippen LogP) is 3.81. The Morgan fingerprint density at radius 3 is 3.06 bits per heavy atom. The number of amides is 1. The maximum absolute atomic E-state index is 12.1. The molecule has 1 aromatic rings. The van der Waals surface area contributed by atoms with Crippen molar-refractivity contribution in [2.24, 2.45) is 5.92 Å². The highest BCUT2D eigenvalue weighted by Gasteiger charge is 2.22. The van der Waals surface area contributed by atoms with Gasteiger partial charge in [-0.2, -0.15) is 0 Å². The molecule has 3 nitrogen and oxygen atoms in total. The van der Waals surface area contributed by atoms with Crippen LogP contribution in [0.15, 0.2) is 16.7 Å². The Morgan fingerprint density at radius 1 is 1.56 bits per heavy atom. The van der Waals surface area contributed by atoms with Crippen LogP contribution in [0, 0.1) is 5.92 Å². The molecule has 18 heavy (non-hydrogen) atoms. The second-order valence-electron chi connectivity index (χ2n) is 4.93. The van der Waals surface area contributed by atoms with Gasteiger partial charge in [-0.15, -0.1) is 0 Å². The summed E-state index contributed by atoms with van der Waals surface area (Å²) in [6, 6.07) is 1.97. The van der Waals surface area contributed by atoms with Crippen LogP contribution >= 0.6 is 27.5 Å². The van der Waals surface area contributed by atoms with E-state index in [1.54, 1.807) is 12.3 Å². The summed E-state index contributed by atoms with van der Waals surface area (Å²) in [6.07, 6.45) is 6.11. The molecule has 1 saturated carbocycles. The Bertz CT molecular complexity index is 453. The summed E-state index contributed by atoms with van der Waals surface area (Å²) in [6.45, 7) is 2.23. The van der Waals surface area contributed by atoms with Crippen LogP contribution in [0.1, 0.15) is 43.0 Å². The van der Waals surface area contributed by atoms with Gasteiger partial charge in [0.15, 0.2) is 0 Å². The summed E-state index contributed by atoms with van der Waals surface area (Å²) in [4.78, 5) is 16.1. The van der Waals surface area contributed by atoms with E-state index in [0.29, 0.717) is 11.5 Å². The lowest BCUT2D eigenvalue weighted by atomic mass is 9.87. The zero-order valence-corrected chi connectivity index (χ0v) is 12.6. The van der Waals surface area contributed by atoms with E-state index in [2.05, 4.69) is 33.2 Å². The molecular weight excluding hydrogens is 316 g/mol. The van der Waals surface area contributed by atoms with Gasteiger partial charge in [-0.25, -0.2) is 4.98 Å². The minimum absolute atomic E-state index is 0.132. The Balaban J connectivity index is 2.05. The van der Waals surface area contributed by atoms with Crippen molar-refractivity contribution in [3.8, 4) is 0 Å². The lowest BCUT2D eigenvalue weighted by Gasteiger charge is -2.27. The summed E-state index contributed by atoms with van der Waals surface area (Å²) in [7, 11) is 0. The van der Waals surface area contributed by atoms with Gasteiger partial charge in [0.1, 0.15) is 5.15 Å². The van der Waals surface area contributed by atoms with Gasteiger partial charge in [0.2, 0.25) is 0 Å². The van der Waals surface area contributed by atoms with Gasteiger partial charge in [0.25, 0.3) is 5.91 Å². The van der Waals surface area contributed by atoms with E-state index in [-0.39, 0.29) is 17.1 Å². The highest BCUT2D eigenvalue weighted by molar-refractivity contribution is 9.10. The van der Waals surface area contributed by atoms with Crippen LogP contribution in [-0.2, 0) is 0 Å². The number of hydrogen-bond acceptors (Lipinski definition) is 2. The van der Waals surface area contributed by atoms with Gasteiger partial charge in [-0.1, -0.05) is 31.4 Å². The molecule has 2 atom stereocenters. The Kier molecular flexibility index (Phi) is 4.62. The summed E-state index contributed by atoms with van der Waals surface area (Å²) >= 11 is 9.24. The molecular formula is C13H16BrClN2O. The molecule has 5 heteroatoms. The average molecular weight is 332 g/mol. The third kappa shape index (κ3) is 3.45. The monoisotopic (exact) mass is 330 g/mol. The molecule has 0 radical (unpaired) electrons. The number of halogens is 2. The first kappa shape index (κ1) is 13.8. The molecule has 0 saturated heterocycles. The summed E-state index contributed by atoms with van der Waals surface area (Å²) in [5.74, 6) is 0.549. The molecule has 1 aromatic heterocycles. The van der Waals surface area contributed by atoms with Crippen molar-refractivity contribution in [1.29, 1.82) is 0 Å². The first-order valence-electron chi connectivity index (χ1n) is 6.18. The van der Waals surface area contributed by atoms with E-state index in [0.717, 1.165) is 17.3 Å². The maximum Gasteiger partial charge on any atom is 0.254 e. The molecule has 0 bridgehead atoms. The molecule has 98 valence electrons. The Hall–Kier alpha value is -0.610. The van der Waals surface area contributed by atoms with Crippen LogP contribution in [0.2, 0.25) is 5.15 Å². The molecule has 1 fully saturated rings. The maximum atomic E-state index is 12.1. The summed E-state index contributed by atoms with van der Waals surface area (Å²) in [5, 5.41) is 3.30. The molecule has 1 N–H and O–H groups in total. The Labute approximate surface area is 120 Å². The number of nitrogens with one attached hydrogen (secondary N) is 1. The largest absolute Gasteiger partial charge is 0.349 e. The van der Waals surface area contributed by atoms with Crippen LogP contribution in [0.25, 0.3) is 0 Å². The van der Waals surface area contributed by atoms with Crippen molar-refractivity contribution in [3.63, 3.8) is 0 Å². The first-order valence-corrected chi connectivity index (χ1v) is 7.35. The van der Waals surface area contributed by atoms with Crippen molar-refractivity contribution in [2.45, 2.75) is 38.6 Å². The van der Waals surface area contributed by atoms with E-state index in [1.807, 2.05) is 0 Å². The molecule has 1 aliphatic carbocycles. The third-order valence-electron chi connectivity index (χ3n) is 3.32. The van der Waals surface area contributed by atoms with Crippen LogP contribution in [0.3, 0.4) is 0 Å². The van der Waals surface area contributed by atoms with E-state index in [9.17, 15) is 4.79 Å². The second-order valence-corrected chi connectivity index (χ2v) is 6.21. The molecule has 2 unspecified atom stereocenters. The molecule has 0 spiro atoms. The number of hydrogen-bond donors (Lipinski definition) is 1. The summed E-state index contributed by atoms with van der Waals surface area (Å²) in [5.41, 5.74) is 0.435. The zero-order valence-electron chi connectivity index (χ0n) is 10.2. The van der Waals surface area contributed by atoms with Crippen molar-refractivity contribution < 1.29 is 4.79 Å². The van der Waals surface area contributed by atoms with Gasteiger partial charge in [0, 0.05) is 16.7 Å². The minimum atomic E-state index is -0.132. The quantitative estimate of drug-likeness (QED) is 0.837. The number of carbonyl (C=O) groups is 1. The molecule has 2 rings (SSSR count). The number of aromatic nitrogens is 1. The Morgan fingerprint density at radius 2 is 2.33 bits per heavy atom. The van der Waals surface area contributed by atoms with Crippen LogP contribution in [-0.4, -0.2) is 16.9 Å². The number of rotatable bonds is 2.